The molecule has 2 heterocycles. The summed E-state index contributed by atoms with van der Waals surface area (Å²) >= 11 is 0. The van der Waals surface area contributed by atoms with Crippen molar-refractivity contribution in [2.75, 3.05) is 46.3 Å². The van der Waals surface area contributed by atoms with E-state index in [0.29, 0.717) is 6.54 Å². The van der Waals surface area contributed by atoms with Gasteiger partial charge in [-0.1, -0.05) is 0 Å². The summed E-state index contributed by atoms with van der Waals surface area (Å²) in [6.45, 7) is 6.16. The minimum atomic E-state index is -2.76. The smallest absolute Gasteiger partial charge is 0.262 e. The van der Waals surface area contributed by atoms with Gasteiger partial charge in [0.2, 0.25) is 5.91 Å². The van der Waals surface area contributed by atoms with Gasteiger partial charge in [-0.15, -0.1) is 37.2 Å². The molecule has 5 nitrogen and oxygen atoms in total. The maximum Gasteiger partial charge on any atom is 0.262 e. The predicted octanol–water partition coefficient (Wildman–Crippen LogP) is 1.00. The lowest BCUT2D eigenvalue weighted by atomic mass is 10.1. The first kappa shape index (κ1) is 25.3. The molecule has 0 aliphatic carbocycles. The number of piperazine rings is 1. The zero-order chi connectivity index (χ0) is 14.8. The number of amides is 1. The predicted molar refractivity (Wildman–Crippen MR) is 94.6 cm³/mol. The lowest BCUT2D eigenvalue weighted by Crippen LogP contribution is -2.52. The van der Waals surface area contributed by atoms with E-state index in [1.54, 1.807) is 0 Å². The van der Waals surface area contributed by atoms with Gasteiger partial charge in [-0.25, -0.2) is 8.78 Å². The van der Waals surface area contributed by atoms with Gasteiger partial charge >= 0.3 is 0 Å². The molecule has 2 N–H and O–H groups in total. The summed E-state index contributed by atoms with van der Waals surface area (Å²) in [7, 11) is 2.09. The quantitative estimate of drug-likeness (QED) is 0.740. The Morgan fingerprint density at radius 2 is 1.83 bits per heavy atom. The molecule has 23 heavy (non-hydrogen) atoms. The van der Waals surface area contributed by atoms with Crippen molar-refractivity contribution in [3.63, 3.8) is 0 Å². The van der Waals surface area contributed by atoms with E-state index < -0.39 is 24.9 Å². The van der Waals surface area contributed by atoms with Gasteiger partial charge in [0.1, 0.15) is 0 Å². The number of nitrogens with zero attached hydrogens (tertiary/aromatic N) is 2. The molecule has 0 aromatic rings. The van der Waals surface area contributed by atoms with E-state index >= 15 is 0 Å². The summed E-state index contributed by atoms with van der Waals surface area (Å²) in [6, 6.07) is -0.528. The molecule has 0 spiro atoms. The number of rotatable bonds is 4. The fourth-order valence-electron chi connectivity index (χ4n) is 2.66. The molecule has 2 aliphatic rings. The first-order valence-electron chi connectivity index (χ1n) is 7.19. The molecule has 2 atom stereocenters. The van der Waals surface area contributed by atoms with Crippen LogP contribution in [0, 0.1) is 0 Å². The van der Waals surface area contributed by atoms with E-state index in [9.17, 15) is 13.6 Å². The third-order valence-electron chi connectivity index (χ3n) is 4.16. The molecular formula is C13H27Cl3F2N4O. The van der Waals surface area contributed by atoms with Gasteiger partial charge in [-0.05, 0) is 14.0 Å². The van der Waals surface area contributed by atoms with Crippen molar-refractivity contribution in [2.45, 2.75) is 31.4 Å². The second-order valence-corrected chi connectivity index (χ2v) is 5.93. The van der Waals surface area contributed by atoms with Crippen molar-refractivity contribution in [2.24, 2.45) is 0 Å². The maximum absolute atomic E-state index is 13.0. The summed E-state index contributed by atoms with van der Waals surface area (Å²) in [6.07, 6.45) is -0.401. The topological polar surface area (TPSA) is 47.6 Å². The molecule has 2 fully saturated rings. The van der Waals surface area contributed by atoms with Crippen molar-refractivity contribution in [1.29, 1.82) is 0 Å². The Kier molecular flexibility index (Phi) is 11.9. The van der Waals surface area contributed by atoms with Crippen molar-refractivity contribution in [1.82, 2.24) is 20.4 Å². The number of likely N-dealkylation sites (N-methyl/N-ethyl adjacent to an activating group) is 1. The molecule has 2 aliphatic heterocycles. The number of nitrogens with one attached hydrogen (secondary N) is 2. The number of hydrogen-bond donors (Lipinski definition) is 2. The summed E-state index contributed by atoms with van der Waals surface area (Å²) in [5.41, 5.74) is 0. The van der Waals surface area contributed by atoms with E-state index in [1.807, 2.05) is 0 Å². The summed E-state index contributed by atoms with van der Waals surface area (Å²) in [5, 5.41) is 5.35. The lowest BCUT2D eigenvalue weighted by Gasteiger charge is -2.36. The maximum atomic E-state index is 13.0. The SMILES string of the molecule is CC(CNC(=O)C1CC(F)(F)CN1)N1CCN(C)CC1.Cl.Cl.Cl. The molecule has 0 aromatic carbocycles. The van der Waals surface area contributed by atoms with Gasteiger partial charge in [0.15, 0.2) is 0 Å². The number of alkyl halides is 2. The van der Waals surface area contributed by atoms with Crippen molar-refractivity contribution >= 4 is 43.1 Å². The molecular weight excluding hydrogens is 373 g/mol. The monoisotopic (exact) mass is 398 g/mol. The van der Waals surface area contributed by atoms with Gasteiger partial charge in [-0.3, -0.25) is 15.0 Å². The molecule has 1 amide bonds. The van der Waals surface area contributed by atoms with Crippen molar-refractivity contribution in [3.05, 3.63) is 0 Å². The van der Waals surface area contributed by atoms with Gasteiger partial charge in [-0.2, -0.15) is 0 Å². The molecule has 10 heteroatoms. The second kappa shape index (κ2) is 10.8. The van der Waals surface area contributed by atoms with Crippen LogP contribution in [0.2, 0.25) is 0 Å². The molecule has 2 rings (SSSR count). The third kappa shape index (κ3) is 7.67. The van der Waals surface area contributed by atoms with Crippen LogP contribution in [-0.4, -0.2) is 80.0 Å². The number of carbonyl (C=O) groups is 1. The Balaban J connectivity index is 0. The van der Waals surface area contributed by atoms with Crippen LogP contribution in [0.3, 0.4) is 0 Å². The molecule has 0 radical (unpaired) electrons. The molecule has 2 saturated heterocycles. The molecule has 140 valence electrons. The Labute approximate surface area is 155 Å². The van der Waals surface area contributed by atoms with Crippen LogP contribution < -0.4 is 10.6 Å². The van der Waals surface area contributed by atoms with Crippen LogP contribution >= 0.6 is 37.2 Å². The van der Waals surface area contributed by atoms with Crippen molar-refractivity contribution in [3.8, 4) is 0 Å². The fourth-order valence-corrected chi connectivity index (χ4v) is 2.66. The molecule has 2 unspecified atom stereocenters. The number of hydrogen-bond acceptors (Lipinski definition) is 4. The summed E-state index contributed by atoms with van der Waals surface area (Å²) < 4.78 is 26.1. The molecule has 0 saturated carbocycles. The fraction of sp³-hybridized carbons (Fsp3) is 0.923. The average molecular weight is 400 g/mol. The molecule has 0 aromatic heterocycles. The van der Waals surface area contributed by atoms with Crippen LogP contribution in [0.4, 0.5) is 8.78 Å². The summed E-state index contributed by atoms with van der Waals surface area (Å²) in [5.74, 6) is -3.08. The largest absolute Gasteiger partial charge is 0.353 e. The Bertz CT molecular complexity index is 358. The van der Waals surface area contributed by atoms with Crippen LogP contribution in [0.5, 0.6) is 0 Å². The minimum absolute atomic E-state index is 0. The Hall–Kier alpha value is 0.0800. The normalized spacial score (nSPS) is 25.5. The van der Waals surface area contributed by atoms with Crippen LogP contribution in [0.1, 0.15) is 13.3 Å². The highest BCUT2D eigenvalue weighted by atomic mass is 35.5. The van der Waals surface area contributed by atoms with Crippen LogP contribution in [0.15, 0.2) is 0 Å². The highest BCUT2D eigenvalue weighted by molar-refractivity contribution is 5.86. The second-order valence-electron chi connectivity index (χ2n) is 5.93. The number of carbonyl (C=O) groups excluding carboxylic acids is 1. The highest BCUT2D eigenvalue weighted by Gasteiger charge is 2.42. The Morgan fingerprint density at radius 3 is 2.30 bits per heavy atom. The highest BCUT2D eigenvalue weighted by Crippen LogP contribution is 2.24. The lowest BCUT2D eigenvalue weighted by molar-refractivity contribution is -0.123. The van der Waals surface area contributed by atoms with Gasteiger partial charge in [0.05, 0.1) is 12.6 Å². The number of halogens is 5. The van der Waals surface area contributed by atoms with E-state index in [-0.39, 0.29) is 49.2 Å². The average Bonchev–Trinajstić information content (AvgIpc) is 2.77. The van der Waals surface area contributed by atoms with Crippen LogP contribution in [-0.2, 0) is 4.79 Å². The summed E-state index contributed by atoms with van der Waals surface area (Å²) in [4.78, 5) is 16.4. The van der Waals surface area contributed by atoms with E-state index in [0.717, 1.165) is 26.2 Å². The van der Waals surface area contributed by atoms with E-state index in [4.69, 9.17) is 0 Å². The zero-order valence-electron chi connectivity index (χ0n) is 13.4. The first-order chi connectivity index (χ1) is 9.37. The minimum Gasteiger partial charge on any atom is -0.353 e. The Morgan fingerprint density at radius 1 is 1.26 bits per heavy atom. The van der Waals surface area contributed by atoms with Gasteiger partial charge in [0.25, 0.3) is 5.92 Å². The van der Waals surface area contributed by atoms with E-state index in [2.05, 4.69) is 34.4 Å². The van der Waals surface area contributed by atoms with Crippen LogP contribution in [0.25, 0.3) is 0 Å². The third-order valence-corrected chi connectivity index (χ3v) is 4.16. The van der Waals surface area contributed by atoms with Gasteiger partial charge in [0, 0.05) is 45.2 Å². The first-order valence-corrected chi connectivity index (χ1v) is 7.19. The molecule has 0 bridgehead atoms. The van der Waals surface area contributed by atoms with E-state index in [1.165, 1.54) is 0 Å². The van der Waals surface area contributed by atoms with Crippen molar-refractivity contribution < 1.29 is 13.6 Å². The zero-order valence-corrected chi connectivity index (χ0v) is 15.8. The van der Waals surface area contributed by atoms with Gasteiger partial charge < -0.3 is 10.2 Å². The standard InChI is InChI=1S/C13H24F2N4O.3ClH/c1-10(19-5-3-18(2)4-6-19)8-16-12(20)11-7-13(14,15)9-17-11;;;/h10-11,17H,3-9H2,1-2H3,(H,16,20);3*1H.